The number of allylic oxidation sites excluding steroid dienone is 1. The molecule has 32 heavy (non-hydrogen) atoms. The second-order valence-electron chi connectivity index (χ2n) is 9.60. The first-order valence-corrected chi connectivity index (χ1v) is 12.4. The Labute approximate surface area is 192 Å². The maximum Gasteiger partial charge on any atom is 0.165 e. The molecule has 0 radical (unpaired) electrons. The minimum absolute atomic E-state index is 0.301. The Morgan fingerprint density at radius 1 is 0.844 bits per heavy atom. The summed E-state index contributed by atoms with van der Waals surface area (Å²) in [5, 5.41) is 0. The summed E-state index contributed by atoms with van der Waals surface area (Å²) in [5.41, 5.74) is 1.82. The highest BCUT2D eigenvalue weighted by Gasteiger charge is 2.30. The van der Waals surface area contributed by atoms with E-state index in [9.17, 15) is 4.39 Å². The summed E-state index contributed by atoms with van der Waals surface area (Å²) < 4.78 is 25.6. The van der Waals surface area contributed by atoms with Crippen LogP contribution in [-0.4, -0.2) is 13.2 Å². The van der Waals surface area contributed by atoms with Crippen molar-refractivity contribution in [1.29, 1.82) is 0 Å². The molecule has 2 fully saturated rings. The lowest BCUT2D eigenvalue weighted by molar-refractivity contribution is 0.129. The van der Waals surface area contributed by atoms with Gasteiger partial charge >= 0.3 is 0 Å². The molecule has 2 aromatic carbocycles. The molecule has 0 bridgehead atoms. The summed E-state index contributed by atoms with van der Waals surface area (Å²) in [5.74, 6) is 4.15. The molecule has 0 aliphatic heterocycles. The number of halogens is 1. The third kappa shape index (κ3) is 5.74. The molecular formula is C29H37FO2. The van der Waals surface area contributed by atoms with Gasteiger partial charge in [-0.15, -0.1) is 6.58 Å². The van der Waals surface area contributed by atoms with Crippen molar-refractivity contribution in [3.8, 4) is 22.6 Å². The Hall–Kier alpha value is -2.29. The summed E-state index contributed by atoms with van der Waals surface area (Å²) in [4.78, 5) is 0. The molecule has 172 valence electrons. The molecule has 2 aliphatic rings. The van der Waals surface area contributed by atoms with E-state index in [4.69, 9.17) is 9.47 Å². The fourth-order valence-corrected chi connectivity index (χ4v) is 5.59. The van der Waals surface area contributed by atoms with Crippen LogP contribution < -0.4 is 9.47 Å². The molecule has 0 spiro atoms. The molecule has 0 atom stereocenters. The van der Waals surface area contributed by atoms with Crippen LogP contribution in [0.2, 0.25) is 0 Å². The monoisotopic (exact) mass is 436 g/mol. The van der Waals surface area contributed by atoms with E-state index in [2.05, 4.69) is 12.7 Å². The molecule has 0 amide bonds. The highest BCUT2D eigenvalue weighted by molar-refractivity contribution is 5.65. The Morgan fingerprint density at radius 2 is 1.47 bits per heavy atom. The normalized spacial score (nSPS) is 25.8. The Balaban J connectivity index is 1.23. The zero-order valence-electron chi connectivity index (χ0n) is 19.4. The minimum Gasteiger partial charge on any atom is -0.493 e. The first-order valence-electron chi connectivity index (χ1n) is 12.4. The van der Waals surface area contributed by atoms with E-state index in [1.807, 2.05) is 37.3 Å². The van der Waals surface area contributed by atoms with E-state index in [1.54, 1.807) is 6.07 Å². The van der Waals surface area contributed by atoms with E-state index >= 15 is 0 Å². The Kier molecular flexibility index (Phi) is 7.89. The third-order valence-electron chi connectivity index (χ3n) is 7.61. The summed E-state index contributed by atoms with van der Waals surface area (Å²) in [6.07, 6.45) is 12.9. The molecule has 2 aliphatic carbocycles. The van der Waals surface area contributed by atoms with Crippen molar-refractivity contribution in [3.05, 3.63) is 60.9 Å². The van der Waals surface area contributed by atoms with Crippen molar-refractivity contribution >= 4 is 0 Å². The van der Waals surface area contributed by atoms with Gasteiger partial charge in [-0.1, -0.05) is 24.3 Å². The maximum atomic E-state index is 14.2. The lowest BCUT2D eigenvalue weighted by Gasteiger charge is -2.37. The van der Waals surface area contributed by atoms with Gasteiger partial charge in [-0.2, -0.15) is 0 Å². The second kappa shape index (κ2) is 11.0. The first-order chi connectivity index (χ1) is 15.7. The largest absolute Gasteiger partial charge is 0.493 e. The van der Waals surface area contributed by atoms with Crippen LogP contribution in [0.5, 0.6) is 11.5 Å². The molecule has 0 heterocycles. The number of hydrogen-bond donors (Lipinski definition) is 0. The van der Waals surface area contributed by atoms with Crippen LogP contribution in [0.25, 0.3) is 11.1 Å². The molecule has 2 saturated carbocycles. The van der Waals surface area contributed by atoms with E-state index in [1.165, 1.54) is 57.4 Å². The standard InChI is InChI=1S/C29H37FO2/c1-3-21-5-9-23(10-6-21)24-11-7-22(8-12-24)20-32-27-16-13-25(14-17-27)26-15-18-29(31-4-2)28(30)19-26/h3,13-19,21-24H,1,4-12,20H2,2H3. The van der Waals surface area contributed by atoms with Gasteiger partial charge in [-0.05, 0) is 117 Å². The average Bonchev–Trinajstić information content (AvgIpc) is 2.85. The SMILES string of the molecule is C=CC1CCC(C2CCC(COc3ccc(-c4ccc(OCC)c(F)c4)cc3)CC2)CC1. The van der Waals surface area contributed by atoms with Crippen molar-refractivity contribution in [2.24, 2.45) is 23.7 Å². The van der Waals surface area contributed by atoms with Gasteiger partial charge in [0.2, 0.25) is 0 Å². The van der Waals surface area contributed by atoms with Gasteiger partial charge in [0.25, 0.3) is 0 Å². The molecule has 2 nitrogen and oxygen atoms in total. The van der Waals surface area contributed by atoms with Crippen LogP contribution in [0, 0.1) is 29.5 Å². The van der Waals surface area contributed by atoms with Gasteiger partial charge in [0.15, 0.2) is 11.6 Å². The lowest BCUT2D eigenvalue weighted by atomic mass is 9.69. The van der Waals surface area contributed by atoms with Crippen molar-refractivity contribution in [2.75, 3.05) is 13.2 Å². The third-order valence-corrected chi connectivity index (χ3v) is 7.61. The van der Waals surface area contributed by atoms with Crippen molar-refractivity contribution in [1.82, 2.24) is 0 Å². The van der Waals surface area contributed by atoms with E-state index in [0.717, 1.165) is 41.2 Å². The lowest BCUT2D eigenvalue weighted by Crippen LogP contribution is -2.27. The predicted octanol–water partition coefficient (Wildman–Crippen LogP) is 8.07. The van der Waals surface area contributed by atoms with E-state index in [0.29, 0.717) is 18.3 Å². The van der Waals surface area contributed by atoms with E-state index < -0.39 is 0 Å². The van der Waals surface area contributed by atoms with Gasteiger partial charge in [-0.3, -0.25) is 0 Å². The van der Waals surface area contributed by atoms with Gasteiger partial charge in [0, 0.05) is 0 Å². The predicted molar refractivity (Wildman–Crippen MR) is 130 cm³/mol. The van der Waals surface area contributed by atoms with Crippen LogP contribution in [0.1, 0.15) is 58.3 Å². The van der Waals surface area contributed by atoms with Crippen LogP contribution in [0.3, 0.4) is 0 Å². The van der Waals surface area contributed by atoms with Crippen LogP contribution in [0.4, 0.5) is 4.39 Å². The molecule has 0 saturated heterocycles. The Morgan fingerprint density at radius 3 is 2.06 bits per heavy atom. The smallest absolute Gasteiger partial charge is 0.165 e. The number of hydrogen-bond acceptors (Lipinski definition) is 2. The zero-order valence-corrected chi connectivity index (χ0v) is 19.4. The quantitative estimate of drug-likeness (QED) is 0.390. The fourth-order valence-electron chi connectivity index (χ4n) is 5.59. The highest BCUT2D eigenvalue weighted by Crippen LogP contribution is 2.41. The highest BCUT2D eigenvalue weighted by atomic mass is 19.1. The topological polar surface area (TPSA) is 18.5 Å². The van der Waals surface area contributed by atoms with Crippen LogP contribution >= 0.6 is 0 Å². The molecule has 4 rings (SSSR count). The summed E-state index contributed by atoms with van der Waals surface area (Å²) in [7, 11) is 0. The molecule has 3 heteroatoms. The minimum atomic E-state index is -0.325. The van der Waals surface area contributed by atoms with Gasteiger partial charge in [0.05, 0.1) is 13.2 Å². The summed E-state index contributed by atoms with van der Waals surface area (Å²) in [6, 6.07) is 13.1. The molecule has 2 aromatic rings. The first kappa shape index (κ1) is 22.9. The van der Waals surface area contributed by atoms with Gasteiger partial charge in [-0.25, -0.2) is 4.39 Å². The Bertz CT molecular complexity index is 859. The van der Waals surface area contributed by atoms with Gasteiger partial charge in [0.1, 0.15) is 5.75 Å². The van der Waals surface area contributed by atoms with Crippen LogP contribution in [0.15, 0.2) is 55.1 Å². The maximum absolute atomic E-state index is 14.2. The van der Waals surface area contributed by atoms with Crippen molar-refractivity contribution in [2.45, 2.75) is 58.3 Å². The average molecular weight is 437 g/mol. The van der Waals surface area contributed by atoms with Gasteiger partial charge < -0.3 is 9.47 Å². The molecule has 0 unspecified atom stereocenters. The number of benzene rings is 2. The summed E-state index contributed by atoms with van der Waals surface area (Å²) >= 11 is 0. The molecular weight excluding hydrogens is 399 g/mol. The van der Waals surface area contributed by atoms with Crippen LogP contribution in [-0.2, 0) is 0 Å². The van der Waals surface area contributed by atoms with Crippen molar-refractivity contribution < 1.29 is 13.9 Å². The summed E-state index contributed by atoms with van der Waals surface area (Å²) in [6.45, 7) is 7.09. The molecule has 0 aromatic heterocycles. The van der Waals surface area contributed by atoms with E-state index in [-0.39, 0.29) is 5.82 Å². The number of ether oxygens (including phenoxy) is 2. The zero-order chi connectivity index (χ0) is 22.3. The second-order valence-corrected chi connectivity index (χ2v) is 9.60. The number of rotatable bonds is 8. The fraction of sp³-hybridized carbons (Fsp3) is 0.517. The van der Waals surface area contributed by atoms with Crippen molar-refractivity contribution in [3.63, 3.8) is 0 Å². The molecule has 0 N–H and O–H groups in total.